The van der Waals surface area contributed by atoms with Gasteiger partial charge in [0.15, 0.2) is 0 Å². The third kappa shape index (κ3) is 4.46. The van der Waals surface area contributed by atoms with Crippen LogP contribution in [0.15, 0.2) is 30.3 Å². The van der Waals surface area contributed by atoms with E-state index in [0.717, 1.165) is 12.0 Å². The van der Waals surface area contributed by atoms with Gasteiger partial charge < -0.3 is 19.9 Å². The number of carbonyl (C=O) groups excluding carboxylic acids is 1. The average Bonchev–Trinajstić information content (AvgIpc) is 3.00. The minimum atomic E-state index is -0.960. The van der Waals surface area contributed by atoms with Crippen molar-refractivity contribution in [1.29, 1.82) is 0 Å². The highest BCUT2D eigenvalue weighted by molar-refractivity contribution is 5.72. The summed E-state index contributed by atoms with van der Waals surface area (Å²) in [5.41, 5.74) is -0.00221. The Balaban J connectivity index is 1.94. The monoisotopic (exact) mass is 307 g/mol. The normalized spacial score (nSPS) is 20.1. The lowest BCUT2D eigenvalue weighted by Crippen LogP contribution is -2.53. The van der Waals surface area contributed by atoms with Gasteiger partial charge in [0.2, 0.25) is 0 Å². The van der Waals surface area contributed by atoms with Gasteiger partial charge >= 0.3 is 12.1 Å². The summed E-state index contributed by atoms with van der Waals surface area (Å²) in [7, 11) is 0. The zero-order chi connectivity index (χ0) is 16.0. The van der Waals surface area contributed by atoms with Crippen LogP contribution in [0.25, 0.3) is 0 Å². The van der Waals surface area contributed by atoms with Gasteiger partial charge in [-0.15, -0.1) is 0 Å². The van der Waals surface area contributed by atoms with Crippen molar-refractivity contribution in [3.8, 4) is 0 Å². The first-order valence-electron chi connectivity index (χ1n) is 7.28. The Morgan fingerprint density at radius 2 is 2.14 bits per heavy atom. The van der Waals surface area contributed by atoms with Crippen LogP contribution in [0.5, 0.6) is 0 Å². The maximum atomic E-state index is 12.0. The summed E-state index contributed by atoms with van der Waals surface area (Å²) in [6.07, 6.45) is -0.0518. The Bertz CT molecular complexity index is 513. The smallest absolute Gasteiger partial charge is 0.407 e. The van der Waals surface area contributed by atoms with Gasteiger partial charge in [0.25, 0.3) is 0 Å². The molecule has 1 fully saturated rings. The summed E-state index contributed by atoms with van der Waals surface area (Å²) in [5.74, 6) is -0.995. The standard InChI is InChI=1S/C16H21NO5/c1-16(9-14(18)19,13-7-8-21-11-13)17-15(20)22-10-12-5-3-2-4-6-12/h2-6,13H,7-11H2,1H3,(H,17,20)(H,18,19). The number of nitrogens with one attached hydrogen (secondary N) is 1. The van der Waals surface area contributed by atoms with E-state index < -0.39 is 17.6 Å². The molecule has 1 aromatic carbocycles. The second kappa shape index (κ2) is 7.26. The Hall–Kier alpha value is -2.08. The van der Waals surface area contributed by atoms with E-state index in [2.05, 4.69) is 5.32 Å². The molecule has 120 valence electrons. The first-order valence-corrected chi connectivity index (χ1v) is 7.28. The van der Waals surface area contributed by atoms with Crippen LogP contribution < -0.4 is 5.32 Å². The van der Waals surface area contributed by atoms with E-state index in [9.17, 15) is 9.59 Å². The lowest BCUT2D eigenvalue weighted by molar-refractivity contribution is -0.139. The Morgan fingerprint density at radius 3 is 2.73 bits per heavy atom. The lowest BCUT2D eigenvalue weighted by Gasteiger charge is -2.34. The summed E-state index contributed by atoms with van der Waals surface area (Å²) in [6.45, 7) is 2.91. The van der Waals surface area contributed by atoms with Crippen LogP contribution in [-0.2, 0) is 20.9 Å². The summed E-state index contributed by atoms with van der Waals surface area (Å²) in [5, 5.41) is 11.8. The van der Waals surface area contributed by atoms with E-state index in [1.54, 1.807) is 6.92 Å². The van der Waals surface area contributed by atoms with Gasteiger partial charge in [0.1, 0.15) is 6.61 Å². The average molecular weight is 307 g/mol. The Labute approximate surface area is 129 Å². The lowest BCUT2D eigenvalue weighted by atomic mass is 9.82. The van der Waals surface area contributed by atoms with Crippen LogP contribution in [0.2, 0.25) is 0 Å². The molecule has 0 saturated carbocycles. The third-order valence-corrected chi connectivity index (χ3v) is 3.95. The summed E-state index contributed by atoms with van der Waals surface area (Å²) < 4.78 is 10.5. The van der Waals surface area contributed by atoms with E-state index >= 15 is 0 Å². The molecule has 6 nitrogen and oxygen atoms in total. The fraction of sp³-hybridized carbons (Fsp3) is 0.500. The summed E-state index contributed by atoms with van der Waals surface area (Å²) in [6, 6.07) is 9.32. The number of carbonyl (C=O) groups is 2. The van der Waals surface area contributed by atoms with E-state index in [0.29, 0.717) is 13.2 Å². The van der Waals surface area contributed by atoms with E-state index in [1.165, 1.54) is 0 Å². The molecule has 1 aromatic rings. The fourth-order valence-corrected chi connectivity index (χ4v) is 2.63. The quantitative estimate of drug-likeness (QED) is 0.841. The van der Waals surface area contributed by atoms with Crippen LogP contribution >= 0.6 is 0 Å². The molecule has 0 aromatic heterocycles. The van der Waals surface area contributed by atoms with Gasteiger partial charge in [0.05, 0.1) is 18.6 Å². The molecule has 22 heavy (non-hydrogen) atoms. The molecule has 2 unspecified atom stereocenters. The highest BCUT2D eigenvalue weighted by Gasteiger charge is 2.40. The molecule has 2 rings (SSSR count). The van der Waals surface area contributed by atoms with Crippen molar-refractivity contribution in [2.75, 3.05) is 13.2 Å². The molecule has 2 atom stereocenters. The van der Waals surface area contributed by atoms with E-state index in [-0.39, 0.29) is 18.9 Å². The summed E-state index contributed by atoms with van der Waals surface area (Å²) in [4.78, 5) is 23.1. The van der Waals surface area contributed by atoms with Crippen molar-refractivity contribution in [2.24, 2.45) is 5.92 Å². The molecule has 0 aliphatic carbocycles. The first-order chi connectivity index (χ1) is 10.5. The summed E-state index contributed by atoms with van der Waals surface area (Å²) >= 11 is 0. The van der Waals surface area contributed by atoms with Gasteiger partial charge in [-0.05, 0) is 18.9 Å². The number of aliphatic carboxylic acids is 1. The maximum Gasteiger partial charge on any atom is 0.407 e. The van der Waals surface area contributed by atoms with Crippen molar-refractivity contribution in [2.45, 2.75) is 31.9 Å². The van der Waals surface area contributed by atoms with E-state index in [1.807, 2.05) is 30.3 Å². The maximum absolute atomic E-state index is 12.0. The molecule has 6 heteroatoms. The van der Waals surface area contributed by atoms with Crippen LogP contribution in [0.4, 0.5) is 4.79 Å². The number of rotatable bonds is 6. The van der Waals surface area contributed by atoms with Gasteiger partial charge in [0, 0.05) is 12.5 Å². The minimum Gasteiger partial charge on any atom is -0.481 e. The van der Waals surface area contributed by atoms with Crippen LogP contribution in [-0.4, -0.2) is 35.9 Å². The minimum absolute atomic E-state index is 0.0344. The molecule has 0 radical (unpaired) electrons. The second-order valence-corrected chi connectivity index (χ2v) is 5.74. The highest BCUT2D eigenvalue weighted by atomic mass is 16.5. The SMILES string of the molecule is CC(CC(=O)O)(NC(=O)OCc1ccccc1)C1CCOC1. The molecule has 1 saturated heterocycles. The van der Waals surface area contributed by atoms with Crippen molar-refractivity contribution < 1.29 is 24.2 Å². The Kier molecular flexibility index (Phi) is 5.38. The fourth-order valence-electron chi connectivity index (χ4n) is 2.63. The number of amides is 1. The number of ether oxygens (including phenoxy) is 2. The third-order valence-electron chi connectivity index (χ3n) is 3.95. The zero-order valence-electron chi connectivity index (χ0n) is 12.6. The largest absolute Gasteiger partial charge is 0.481 e. The molecule has 1 heterocycles. The molecule has 0 bridgehead atoms. The molecular weight excluding hydrogens is 286 g/mol. The molecular formula is C16H21NO5. The molecule has 1 amide bonds. The number of hydrogen-bond acceptors (Lipinski definition) is 4. The van der Waals surface area contributed by atoms with Crippen LogP contribution in [0.3, 0.4) is 0 Å². The van der Waals surface area contributed by atoms with Gasteiger partial charge in [-0.2, -0.15) is 0 Å². The van der Waals surface area contributed by atoms with Crippen molar-refractivity contribution in [1.82, 2.24) is 5.32 Å². The first kappa shape index (κ1) is 16.3. The predicted octanol–water partition coefficient (Wildman–Crippen LogP) is 2.18. The highest BCUT2D eigenvalue weighted by Crippen LogP contribution is 2.29. The van der Waals surface area contributed by atoms with E-state index in [4.69, 9.17) is 14.6 Å². The van der Waals surface area contributed by atoms with Crippen LogP contribution in [0.1, 0.15) is 25.3 Å². The number of carboxylic acid groups (broad SMARTS) is 1. The second-order valence-electron chi connectivity index (χ2n) is 5.74. The number of hydrogen-bond donors (Lipinski definition) is 2. The molecule has 0 spiro atoms. The van der Waals surface area contributed by atoms with Crippen molar-refractivity contribution in [3.63, 3.8) is 0 Å². The number of carboxylic acids is 1. The van der Waals surface area contributed by atoms with Gasteiger partial charge in [-0.25, -0.2) is 4.79 Å². The topological polar surface area (TPSA) is 84.9 Å². The molecule has 1 aliphatic heterocycles. The molecule has 2 N–H and O–H groups in total. The van der Waals surface area contributed by atoms with Gasteiger partial charge in [-0.1, -0.05) is 30.3 Å². The number of alkyl carbamates (subject to hydrolysis) is 1. The number of benzene rings is 1. The van der Waals surface area contributed by atoms with Crippen LogP contribution in [0, 0.1) is 5.92 Å². The Morgan fingerprint density at radius 1 is 1.41 bits per heavy atom. The predicted molar refractivity (Wildman–Crippen MR) is 79.3 cm³/mol. The van der Waals surface area contributed by atoms with Crippen molar-refractivity contribution >= 4 is 12.1 Å². The zero-order valence-corrected chi connectivity index (χ0v) is 12.6. The van der Waals surface area contributed by atoms with Gasteiger partial charge in [-0.3, -0.25) is 4.79 Å². The van der Waals surface area contributed by atoms with Crippen molar-refractivity contribution in [3.05, 3.63) is 35.9 Å². The molecule has 1 aliphatic rings.